The lowest BCUT2D eigenvalue weighted by Crippen LogP contribution is -2.08. The highest BCUT2D eigenvalue weighted by Crippen LogP contribution is 2.38. The number of rotatable bonds is 1. The molecule has 2 aliphatic heterocycles. The minimum absolute atomic E-state index is 0.170. The zero-order valence-corrected chi connectivity index (χ0v) is 12.9. The van der Waals surface area contributed by atoms with Crippen LogP contribution in [0.2, 0.25) is 0 Å². The predicted octanol–water partition coefficient (Wildman–Crippen LogP) is 4.52. The number of alkyl halides is 3. The number of benzene rings is 2. The highest BCUT2D eigenvalue weighted by molar-refractivity contribution is 6.32. The van der Waals surface area contributed by atoms with Crippen molar-refractivity contribution in [1.29, 1.82) is 0 Å². The highest BCUT2D eigenvalue weighted by atomic mass is 19.4. The normalized spacial score (nSPS) is 17.5. The third-order valence-electron chi connectivity index (χ3n) is 4.11. The minimum atomic E-state index is -4.45. The van der Waals surface area contributed by atoms with Crippen LogP contribution in [0.3, 0.4) is 0 Å². The Labute approximate surface area is 141 Å². The smallest absolute Gasteiger partial charge is 0.416 e. The fraction of sp³-hybridized carbons (Fsp3) is 0.105. The van der Waals surface area contributed by atoms with Gasteiger partial charge in [0.1, 0.15) is 12.4 Å². The maximum Gasteiger partial charge on any atom is 0.416 e. The van der Waals surface area contributed by atoms with Crippen LogP contribution in [0, 0.1) is 0 Å². The quantitative estimate of drug-likeness (QED) is 0.774. The molecule has 0 aliphatic carbocycles. The van der Waals surface area contributed by atoms with Gasteiger partial charge in [-0.3, -0.25) is 4.79 Å². The van der Waals surface area contributed by atoms with Crippen LogP contribution in [-0.2, 0) is 11.0 Å². The summed E-state index contributed by atoms with van der Waals surface area (Å²) in [5.41, 5.74) is 1.84. The first-order valence-corrected chi connectivity index (χ1v) is 7.59. The number of hydrogen-bond donors (Lipinski definition) is 1. The summed E-state index contributed by atoms with van der Waals surface area (Å²) < 4.78 is 44.1. The lowest BCUT2D eigenvalue weighted by atomic mass is 10.0. The van der Waals surface area contributed by atoms with E-state index in [-0.39, 0.29) is 5.69 Å². The van der Waals surface area contributed by atoms with E-state index in [1.807, 2.05) is 30.3 Å². The Morgan fingerprint density at radius 2 is 1.92 bits per heavy atom. The van der Waals surface area contributed by atoms with E-state index in [4.69, 9.17) is 4.74 Å². The number of carbonyl (C=O) groups is 1. The van der Waals surface area contributed by atoms with Gasteiger partial charge in [-0.25, -0.2) is 0 Å². The van der Waals surface area contributed by atoms with Gasteiger partial charge in [0.25, 0.3) is 5.91 Å². The number of nitrogens with one attached hydrogen (secondary N) is 1. The molecule has 2 aliphatic rings. The molecule has 0 atom stereocenters. The van der Waals surface area contributed by atoms with E-state index in [9.17, 15) is 18.0 Å². The van der Waals surface area contributed by atoms with Crippen LogP contribution in [0.15, 0.2) is 54.1 Å². The molecule has 2 aromatic rings. The summed E-state index contributed by atoms with van der Waals surface area (Å²) in [4.78, 5) is 12.2. The van der Waals surface area contributed by atoms with E-state index < -0.39 is 17.6 Å². The molecule has 25 heavy (non-hydrogen) atoms. The molecule has 2 aromatic carbocycles. The van der Waals surface area contributed by atoms with Crippen LogP contribution < -0.4 is 10.1 Å². The van der Waals surface area contributed by atoms with E-state index in [1.165, 1.54) is 6.07 Å². The van der Waals surface area contributed by atoms with E-state index in [0.717, 1.165) is 29.0 Å². The van der Waals surface area contributed by atoms with Crippen LogP contribution in [0.5, 0.6) is 5.75 Å². The summed E-state index contributed by atoms with van der Waals surface area (Å²) in [5, 5.41) is 2.49. The van der Waals surface area contributed by atoms with Gasteiger partial charge < -0.3 is 10.1 Å². The Balaban J connectivity index is 1.73. The summed E-state index contributed by atoms with van der Waals surface area (Å²) in [6.45, 7) is 0.295. The Bertz CT molecular complexity index is 942. The number of para-hydroxylation sites is 1. The maximum absolute atomic E-state index is 12.8. The van der Waals surface area contributed by atoms with Gasteiger partial charge in [0.2, 0.25) is 0 Å². The molecule has 2 heterocycles. The molecule has 3 nitrogen and oxygen atoms in total. The fourth-order valence-corrected chi connectivity index (χ4v) is 2.92. The van der Waals surface area contributed by atoms with Crippen LogP contribution in [0.1, 0.15) is 16.7 Å². The average Bonchev–Trinajstić information content (AvgIpc) is 2.89. The molecule has 0 unspecified atom stereocenters. The largest absolute Gasteiger partial charge is 0.488 e. The van der Waals surface area contributed by atoms with Gasteiger partial charge in [-0.2, -0.15) is 13.2 Å². The summed E-state index contributed by atoms with van der Waals surface area (Å²) >= 11 is 0. The Hall–Kier alpha value is -3.02. The Kier molecular flexibility index (Phi) is 3.42. The van der Waals surface area contributed by atoms with E-state index in [1.54, 1.807) is 6.08 Å². The molecule has 0 aromatic heterocycles. The molecule has 0 saturated heterocycles. The van der Waals surface area contributed by atoms with Crippen molar-refractivity contribution in [3.8, 4) is 5.75 Å². The van der Waals surface area contributed by atoms with Crippen molar-refractivity contribution in [2.24, 2.45) is 0 Å². The van der Waals surface area contributed by atoms with Crippen LogP contribution in [0.25, 0.3) is 11.6 Å². The molecule has 6 heteroatoms. The summed E-state index contributed by atoms with van der Waals surface area (Å²) in [5.74, 6) is 0.338. The molecule has 4 rings (SSSR count). The molecule has 0 spiro atoms. The van der Waals surface area contributed by atoms with Crippen molar-refractivity contribution in [2.75, 3.05) is 11.9 Å². The number of hydrogen-bond acceptors (Lipinski definition) is 2. The molecule has 0 bridgehead atoms. The van der Waals surface area contributed by atoms with Crippen LogP contribution >= 0.6 is 0 Å². The fourth-order valence-electron chi connectivity index (χ4n) is 2.92. The zero-order valence-electron chi connectivity index (χ0n) is 12.9. The van der Waals surface area contributed by atoms with Crippen molar-refractivity contribution in [3.63, 3.8) is 0 Å². The summed E-state index contributed by atoms with van der Waals surface area (Å²) in [7, 11) is 0. The summed E-state index contributed by atoms with van der Waals surface area (Å²) in [6, 6.07) is 10.8. The third-order valence-corrected chi connectivity index (χ3v) is 4.11. The Morgan fingerprint density at radius 1 is 1.12 bits per heavy atom. The lowest BCUT2D eigenvalue weighted by molar-refractivity contribution is -0.137. The SMILES string of the molecule is O=C1Nc2cc(C(F)(F)F)ccc2/C1=C\C1=Cc2ccccc2OC1. The molecular weight excluding hydrogens is 331 g/mol. The van der Waals surface area contributed by atoms with Crippen molar-refractivity contribution in [2.45, 2.75) is 6.18 Å². The second kappa shape index (κ2) is 5.51. The zero-order chi connectivity index (χ0) is 17.6. The molecule has 1 amide bonds. The molecule has 0 fully saturated rings. The number of amides is 1. The first kappa shape index (κ1) is 15.5. The maximum atomic E-state index is 12.8. The van der Waals surface area contributed by atoms with Crippen LogP contribution in [0.4, 0.5) is 18.9 Å². The minimum Gasteiger partial charge on any atom is -0.488 e. The van der Waals surface area contributed by atoms with Gasteiger partial charge in [-0.05, 0) is 35.9 Å². The third kappa shape index (κ3) is 2.80. The molecule has 126 valence electrons. The number of anilines is 1. The topological polar surface area (TPSA) is 38.3 Å². The second-order valence-corrected chi connectivity index (χ2v) is 5.82. The van der Waals surface area contributed by atoms with Gasteiger partial charge >= 0.3 is 6.18 Å². The highest BCUT2D eigenvalue weighted by Gasteiger charge is 2.33. The average molecular weight is 343 g/mol. The van der Waals surface area contributed by atoms with Crippen molar-refractivity contribution in [3.05, 3.63) is 70.8 Å². The van der Waals surface area contributed by atoms with E-state index >= 15 is 0 Å². The van der Waals surface area contributed by atoms with Crippen molar-refractivity contribution in [1.82, 2.24) is 0 Å². The number of carbonyl (C=O) groups excluding carboxylic acids is 1. The number of halogens is 3. The lowest BCUT2D eigenvalue weighted by Gasteiger charge is -2.16. The molecule has 0 saturated carbocycles. The van der Waals surface area contributed by atoms with Crippen molar-refractivity contribution >= 4 is 23.2 Å². The molecular formula is C19H12F3NO2. The second-order valence-electron chi connectivity index (χ2n) is 5.82. The monoisotopic (exact) mass is 343 g/mol. The van der Waals surface area contributed by atoms with E-state index in [2.05, 4.69) is 5.32 Å². The van der Waals surface area contributed by atoms with E-state index in [0.29, 0.717) is 17.7 Å². The number of fused-ring (bicyclic) bond motifs is 2. The Morgan fingerprint density at radius 3 is 2.72 bits per heavy atom. The van der Waals surface area contributed by atoms with Gasteiger partial charge in [0, 0.05) is 22.4 Å². The van der Waals surface area contributed by atoms with Gasteiger partial charge in [0.05, 0.1) is 5.56 Å². The molecule has 1 N–H and O–H groups in total. The molecule has 0 radical (unpaired) electrons. The van der Waals surface area contributed by atoms with Gasteiger partial charge in [0.15, 0.2) is 0 Å². The van der Waals surface area contributed by atoms with Crippen molar-refractivity contribution < 1.29 is 22.7 Å². The van der Waals surface area contributed by atoms with Gasteiger partial charge in [-0.15, -0.1) is 0 Å². The van der Waals surface area contributed by atoms with Gasteiger partial charge in [-0.1, -0.05) is 24.3 Å². The predicted molar refractivity (Wildman–Crippen MR) is 88.0 cm³/mol. The first-order chi connectivity index (χ1) is 11.9. The first-order valence-electron chi connectivity index (χ1n) is 7.59. The number of ether oxygens (including phenoxy) is 1. The summed E-state index contributed by atoms with van der Waals surface area (Å²) in [6.07, 6.45) is -0.888. The van der Waals surface area contributed by atoms with Crippen LogP contribution in [-0.4, -0.2) is 12.5 Å². The standard InChI is InChI=1S/C19H12F3NO2/c20-19(21,22)13-5-6-14-15(18(24)23-16(14)9-13)8-11-7-12-3-1-2-4-17(12)25-10-11/h1-9H,10H2,(H,23,24)/b15-8+.